The lowest BCUT2D eigenvalue weighted by atomic mass is 10.00. The van der Waals surface area contributed by atoms with Crippen molar-refractivity contribution in [3.8, 4) is 0 Å². The molecule has 0 aromatic heterocycles. The zero-order valence-corrected chi connectivity index (χ0v) is 10.5. The number of benzene rings is 2. The number of aliphatic hydroxyl groups excluding tert-OH is 1. The number of nitrogens with two attached hydrogens (primary N) is 1. The Labute approximate surface area is 107 Å². The summed E-state index contributed by atoms with van der Waals surface area (Å²) in [4.78, 5) is 0. The van der Waals surface area contributed by atoms with Gasteiger partial charge in [-0.25, -0.2) is 4.39 Å². The highest BCUT2D eigenvalue weighted by molar-refractivity contribution is 9.10. The standard InChI is InChI=1S/C13H11BrFNO/c14-9-4-5-12(16)11(7-9)13(17)8-2-1-3-10(15)6-8/h1-7,13,17H,16H2. The molecule has 4 heteroatoms. The van der Waals surface area contributed by atoms with E-state index in [1.807, 2.05) is 0 Å². The molecule has 1 unspecified atom stereocenters. The summed E-state index contributed by atoms with van der Waals surface area (Å²) in [6, 6.07) is 11.1. The molecule has 0 saturated carbocycles. The van der Waals surface area contributed by atoms with Crippen LogP contribution in [0.4, 0.5) is 10.1 Å². The van der Waals surface area contributed by atoms with Crippen molar-refractivity contribution in [1.82, 2.24) is 0 Å². The summed E-state index contributed by atoms with van der Waals surface area (Å²) in [7, 11) is 0. The molecule has 0 aliphatic carbocycles. The van der Waals surface area contributed by atoms with Crippen LogP contribution in [0.5, 0.6) is 0 Å². The van der Waals surface area contributed by atoms with Gasteiger partial charge in [0.2, 0.25) is 0 Å². The van der Waals surface area contributed by atoms with Gasteiger partial charge in [-0.2, -0.15) is 0 Å². The first-order valence-corrected chi connectivity index (χ1v) is 5.85. The Balaban J connectivity index is 2.43. The Kier molecular flexibility index (Phi) is 3.45. The number of hydrogen-bond donors (Lipinski definition) is 2. The van der Waals surface area contributed by atoms with Gasteiger partial charge in [-0.15, -0.1) is 0 Å². The minimum absolute atomic E-state index is 0.380. The molecular formula is C13H11BrFNO. The Morgan fingerprint density at radius 3 is 2.65 bits per heavy atom. The molecule has 2 aromatic carbocycles. The lowest BCUT2D eigenvalue weighted by Gasteiger charge is -2.14. The maximum atomic E-state index is 13.1. The van der Waals surface area contributed by atoms with Crippen molar-refractivity contribution >= 4 is 21.6 Å². The SMILES string of the molecule is Nc1ccc(Br)cc1C(O)c1cccc(F)c1. The molecule has 0 spiro atoms. The van der Waals surface area contributed by atoms with Crippen molar-refractivity contribution in [3.63, 3.8) is 0 Å². The lowest BCUT2D eigenvalue weighted by Crippen LogP contribution is -2.04. The first-order chi connectivity index (χ1) is 8.08. The van der Waals surface area contributed by atoms with Gasteiger partial charge in [-0.3, -0.25) is 0 Å². The number of hydrogen-bond acceptors (Lipinski definition) is 2. The van der Waals surface area contributed by atoms with Crippen LogP contribution >= 0.6 is 15.9 Å². The predicted octanol–water partition coefficient (Wildman–Crippen LogP) is 3.25. The minimum atomic E-state index is -0.928. The van der Waals surface area contributed by atoms with Gasteiger partial charge in [-0.05, 0) is 35.9 Å². The van der Waals surface area contributed by atoms with Gasteiger partial charge in [0.15, 0.2) is 0 Å². The van der Waals surface area contributed by atoms with E-state index >= 15 is 0 Å². The quantitative estimate of drug-likeness (QED) is 0.836. The van der Waals surface area contributed by atoms with Crippen LogP contribution in [0.3, 0.4) is 0 Å². The highest BCUT2D eigenvalue weighted by Gasteiger charge is 2.14. The largest absolute Gasteiger partial charge is 0.398 e. The molecule has 1 atom stereocenters. The predicted molar refractivity (Wildman–Crippen MR) is 69.0 cm³/mol. The number of aliphatic hydroxyl groups is 1. The fourth-order valence-electron chi connectivity index (χ4n) is 1.64. The third-order valence-electron chi connectivity index (χ3n) is 2.51. The monoisotopic (exact) mass is 295 g/mol. The molecule has 0 heterocycles. The van der Waals surface area contributed by atoms with E-state index < -0.39 is 6.10 Å². The van der Waals surface area contributed by atoms with Crippen LogP contribution in [-0.4, -0.2) is 5.11 Å². The van der Waals surface area contributed by atoms with E-state index in [1.165, 1.54) is 12.1 Å². The molecule has 0 saturated heterocycles. The van der Waals surface area contributed by atoms with Crippen molar-refractivity contribution in [3.05, 3.63) is 63.9 Å². The first-order valence-electron chi connectivity index (χ1n) is 5.06. The molecule has 88 valence electrons. The molecule has 17 heavy (non-hydrogen) atoms. The van der Waals surface area contributed by atoms with Crippen molar-refractivity contribution in [2.24, 2.45) is 0 Å². The number of nitrogen functional groups attached to an aromatic ring is 1. The zero-order chi connectivity index (χ0) is 12.4. The van der Waals surface area contributed by atoms with Crippen LogP contribution in [0.1, 0.15) is 17.2 Å². The number of rotatable bonds is 2. The third-order valence-corrected chi connectivity index (χ3v) is 3.00. The van der Waals surface area contributed by atoms with Crippen molar-refractivity contribution in [2.75, 3.05) is 5.73 Å². The molecule has 0 amide bonds. The Morgan fingerprint density at radius 1 is 1.18 bits per heavy atom. The topological polar surface area (TPSA) is 46.2 Å². The van der Waals surface area contributed by atoms with E-state index in [4.69, 9.17) is 5.73 Å². The average Bonchev–Trinajstić information content (AvgIpc) is 2.31. The van der Waals surface area contributed by atoms with Crippen LogP contribution in [-0.2, 0) is 0 Å². The van der Waals surface area contributed by atoms with Gasteiger partial charge in [0.1, 0.15) is 11.9 Å². The molecule has 0 aliphatic heterocycles. The second-order valence-electron chi connectivity index (χ2n) is 3.73. The fourth-order valence-corrected chi connectivity index (χ4v) is 2.02. The third kappa shape index (κ3) is 2.65. The van der Waals surface area contributed by atoms with Gasteiger partial charge in [0.05, 0.1) is 0 Å². The summed E-state index contributed by atoms with van der Waals surface area (Å²) < 4.78 is 13.9. The van der Waals surface area contributed by atoms with Crippen molar-refractivity contribution in [1.29, 1.82) is 0 Å². The Morgan fingerprint density at radius 2 is 1.94 bits per heavy atom. The molecule has 2 aromatic rings. The maximum absolute atomic E-state index is 13.1. The summed E-state index contributed by atoms with van der Waals surface area (Å²) in [5.74, 6) is -0.380. The molecule has 0 bridgehead atoms. The smallest absolute Gasteiger partial charge is 0.123 e. The van der Waals surface area contributed by atoms with E-state index in [0.717, 1.165) is 4.47 Å². The number of halogens is 2. The molecule has 0 aliphatic rings. The van der Waals surface area contributed by atoms with Gasteiger partial charge < -0.3 is 10.8 Å². The van der Waals surface area contributed by atoms with Crippen LogP contribution in [0.15, 0.2) is 46.9 Å². The van der Waals surface area contributed by atoms with E-state index in [2.05, 4.69) is 15.9 Å². The summed E-state index contributed by atoms with van der Waals surface area (Å²) in [5.41, 5.74) is 7.31. The fraction of sp³-hybridized carbons (Fsp3) is 0.0769. The highest BCUT2D eigenvalue weighted by Crippen LogP contribution is 2.29. The van der Waals surface area contributed by atoms with Crippen LogP contribution in [0, 0.1) is 5.82 Å². The van der Waals surface area contributed by atoms with Crippen LogP contribution in [0.2, 0.25) is 0 Å². The summed E-state index contributed by atoms with van der Waals surface area (Å²) in [5, 5.41) is 10.2. The van der Waals surface area contributed by atoms with Crippen LogP contribution < -0.4 is 5.73 Å². The maximum Gasteiger partial charge on any atom is 0.123 e. The summed E-state index contributed by atoms with van der Waals surface area (Å²) in [6.45, 7) is 0. The second-order valence-corrected chi connectivity index (χ2v) is 4.65. The summed E-state index contributed by atoms with van der Waals surface area (Å²) >= 11 is 3.31. The van der Waals surface area contributed by atoms with Gasteiger partial charge >= 0.3 is 0 Å². The second kappa shape index (κ2) is 4.85. The highest BCUT2D eigenvalue weighted by atomic mass is 79.9. The molecule has 3 N–H and O–H groups in total. The van der Waals surface area contributed by atoms with Crippen molar-refractivity contribution < 1.29 is 9.50 Å². The van der Waals surface area contributed by atoms with E-state index in [0.29, 0.717) is 16.8 Å². The van der Waals surface area contributed by atoms with Gasteiger partial charge in [-0.1, -0.05) is 28.1 Å². The molecule has 2 nitrogen and oxygen atoms in total. The van der Waals surface area contributed by atoms with E-state index in [9.17, 15) is 9.50 Å². The van der Waals surface area contributed by atoms with Gasteiger partial charge in [0, 0.05) is 15.7 Å². The Bertz CT molecular complexity index is 545. The first kappa shape index (κ1) is 12.1. The van der Waals surface area contributed by atoms with Crippen molar-refractivity contribution in [2.45, 2.75) is 6.10 Å². The molecular weight excluding hydrogens is 285 g/mol. The lowest BCUT2D eigenvalue weighted by molar-refractivity contribution is 0.220. The van der Waals surface area contributed by atoms with E-state index in [1.54, 1.807) is 30.3 Å². The zero-order valence-electron chi connectivity index (χ0n) is 8.90. The molecule has 0 radical (unpaired) electrons. The molecule has 2 rings (SSSR count). The average molecular weight is 296 g/mol. The summed E-state index contributed by atoms with van der Waals surface area (Å²) in [6.07, 6.45) is -0.928. The Hall–Kier alpha value is -1.39. The number of anilines is 1. The van der Waals surface area contributed by atoms with E-state index in [-0.39, 0.29) is 5.82 Å². The molecule has 0 fully saturated rings. The van der Waals surface area contributed by atoms with Crippen LogP contribution in [0.25, 0.3) is 0 Å². The van der Waals surface area contributed by atoms with Gasteiger partial charge in [0.25, 0.3) is 0 Å². The minimum Gasteiger partial charge on any atom is -0.398 e. The normalized spacial score (nSPS) is 12.4.